The van der Waals surface area contributed by atoms with E-state index in [-0.39, 0.29) is 0 Å². The molecule has 0 aromatic heterocycles. The molecule has 0 aliphatic heterocycles. The lowest BCUT2D eigenvalue weighted by Gasteiger charge is -2.30. The van der Waals surface area contributed by atoms with Gasteiger partial charge in [0.05, 0.1) is 0 Å². The summed E-state index contributed by atoms with van der Waals surface area (Å²) in [4.78, 5) is 0. The molecule has 0 heteroatoms. The van der Waals surface area contributed by atoms with Gasteiger partial charge in [-0.25, -0.2) is 0 Å². The molecule has 0 nitrogen and oxygen atoms in total. The summed E-state index contributed by atoms with van der Waals surface area (Å²) in [5.74, 6) is 0. The minimum Gasteiger partial charge on any atom is -0.0816 e. The molecule has 0 saturated carbocycles. The molecular weight excluding hydrogens is 144 g/mol. The van der Waals surface area contributed by atoms with Crippen molar-refractivity contribution in [3.05, 3.63) is 23.3 Å². The van der Waals surface area contributed by atoms with Crippen molar-refractivity contribution in [1.82, 2.24) is 0 Å². The van der Waals surface area contributed by atoms with E-state index in [4.69, 9.17) is 0 Å². The Morgan fingerprint density at radius 2 is 2.08 bits per heavy atom. The largest absolute Gasteiger partial charge is 0.0816 e. The lowest BCUT2D eigenvalue weighted by Crippen LogP contribution is -2.16. The van der Waals surface area contributed by atoms with Crippen LogP contribution in [0.1, 0.15) is 47.0 Å². The summed E-state index contributed by atoms with van der Waals surface area (Å²) >= 11 is 0. The summed E-state index contributed by atoms with van der Waals surface area (Å²) in [7, 11) is 0. The van der Waals surface area contributed by atoms with E-state index in [1.54, 1.807) is 0 Å². The molecule has 0 saturated heterocycles. The van der Waals surface area contributed by atoms with Crippen molar-refractivity contribution >= 4 is 0 Å². The van der Waals surface area contributed by atoms with Crippen molar-refractivity contribution in [3.8, 4) is 0 Å². The van der Waals surface area contributed by atoms with Crippen LogP contribution >= 0.6 is 0 Å². The summed E-state index contributed by atoms with van der Waals surface area (Å²) in [6.07, 6.45) is 8.38. The standard InChI is InChI=1S/C12H20/c1-5-6-11-7-10(2)8-12(3,4)9-11/h6-7H,5,8-9H2,1-4H3/b11-6-. The maximum absolute atomic E-state index is 2.36. The molecule has 68 valence electrons. The SMILES string of the molecule is CC/C=C1/C=C(C)CC(C)(C)C1. The van der Waals surface area contributed by atoms with Crippen LogP contribution in [-0.2, 0) is 0 Å². The molecule has 0 N–H and O–H groups in total. The normalized spacial score (nSPS) is 25.7. The van der Waals surface area contributed by atoms with Gasteiger partial charge in [0.25, 0.3) is 0 Å². The van der Waals surface area contributed by atoms with Crippen LogP contribution in [0.3, 0.4) is 0 Å². The Bertz CT molecular complexity index is 216. The van der Waals surface area contributed by atoms with Crippen LogP contribution in [0.25, 0.3) is 0 Å². The van der Waals surface area contributed by atoms with Gasteiger partial charge in [-0.2, -0.15) is 0 Å². The summed E-state index contributed by atoms with van der Waals surface area (Å²) in [6.45, 7) is 9.15. The van der Waals surface area contributed by atoms with Gasteiger partial charge in [-0.1, -0.05) is 44.1 Å². The second-order valence-electron chi connectivity index (χ2n) is 4.70. The fourth-order valence-corrected chi connectivity index (χ4v) is 2.18. The minimum absolute atomic E-state index is 0.486. The Kier molecular flexibility index (Phi) is 2.76. The molecule has 0 heterocycles. The van der Waals surface area contributed by atoms with E-state index in [0.29, 0.717) is 5.41 Å². The molecule has 0 fully saturated rings. The van der Waals surface area contributed by atoms with Crippen molar-refractivity contribution in [1.29, 1.82) is 0 Å². The van der Waals surface area contributed by atoms with E-state index in [1.807, 2.05) is 0 Å². The Balaban J connectivity index is 2.81. The van der Waals surface area contributed by atoms with Gasteiger partial charge < -0.3 is 0 Å². The molecule has 0 unspecified atom stereocenters. The quantitative estimate of drug-likeness (QED) is 0.547. The molecule has 12 heavy (non-hydrogen) atoms. The molecule has 0 amide bonds. The second kappa shape index (κ2) is 3.47. The number of rotatable bonds is 1. The zero-order valence-corrected chi connectivity index (χ0v) is 8.78. The smallest absolute Gasteiger partial charge is 0.0227 e. The molecule has 0 radical (unpaired) electrons. The Morgan fingerprint density at radius 3 is 2.58 bits per heavy atom. The first kappa shape index (κ1) is 9.57. The van der Waals surface area contributed by atoms with Crippen LogP contribution in [0.4, 0.5) is 0 Å². The first-order valence-electron chi connectivity index (χ1n) is 4.90. The summed E-state index contributed by atoms with van der Waals surface area (Å²) in [5.41, 5.74) is 3.55. The van der Waals surface area contributed by atoms with Crippen LogP contribution in [0, 0.1) is 5.41 Å². The molecule has 0 aromatic rings. The lowest BCUT2D eigenvalue weighted by atomic mass is 9.75. The van der Waals surface area contributed by atoms with Crippen LogP contribution in [0.2, 0.25) is 0 Å². The molecule has 0 bridgehead atoms. The van der Waals surface area contributed by atoms with Gasteiger partial charge in [-0.3, -0.25) is 0 Å². The maximum Gasteiger partial charge on any atom is -0.0227 e. The van der Waals surface area contributed by atoms with Crippen molar-refractivity contribution in [2.75, 3.05) is 0 Å². The van der Waals surface area contributed by atoms with E-state index in [0.717, 1.165) is 6.42 Å². The fraction of sp³-hybridized carbons (Fsp3) is 0.667. The van der Waals surface area contributed by atoms with Gasteiger partial charge in [-0.15, -0.1) is 0 Å². The Morgan fingerprint density at radius 1 is 1.42 bits per heavy atom. The van der Waals surface area contributed by atoms with Gasteiger partial charge in [0.1, 0.15) is 0 Å². The third-order valence-electron chi connectivity index (χ3n) is 2.34. The van der Waals surface area contributed by atoms with Gasteiger partial charge in [0, 0.05) is 0 Å². The highest BCUT2D eigenvalue weighted by molar-refractivity contribution is 5.28. The predicted octanol–water partition coefficient (Wildman–Crippen LogP) is 4.09. The number of allylic oxidation sites excluding steroid dienone is 4. The molecule has 1 aliphatic carbocycles. The minimum atomic E-state index is 0.486. The van der Waals surface area contributed by atoms with E-state index >= 15 is 0 Å². The van der Waals surface area contributed by atoms with E-state index in [9.17, 15) is 0 Å². The van der Waals surface area contributed by atoms with E-state index in [1.165, 1.54) is 24.0 Å². The zero-order chi connectivity index (χ0) is 9.19. The highest BCUT2D eigenvalue weighted by Gasteiger charge is 2.22. The first-order valence-corrected chi connectivity index (χ1v) is 4.90. The molecule has 0 atom stereocenters. The van der Waals surface area contributed by atoms with Gasteiger partial charge >= 0.3 is 0 Å². The molecule has 1 rings (SSSR count). The lowest BCUT2D eigenvalue weighted by molar-refractivity contribution is 0.351. The van der Waals surface area contributed by atoms with E-state index in [2.05, 4.69) is 39.8 Å². The van der Waals surface area contributed by atoms with Gasteiger partial charge in [0.2, 0.25) is 0 Å². The summed E-state index contributed by atoms with van der Waals surface area (Å²) in [5, 5.41) is 0. The second-order valence-corrected chi connectivity index (χ2v) is 4.70. The Hall–Kier alpha value is -0.520. The first-order chi connectivity index (χ1) is 5.53. The van der Waals surface area contributed by atoms with Crippen LogP contribution in [-0.4, -0.2) is 0 Å². The van der Waals surface area contributed by atoms with Crippen molar-refractivity contribution < 1.29 is 0 Å². The van der Waals surface area contributed by atoms with Crippen LogP contribution in [0.15, 0.2) is 23.3 Å². The molecule has 0 spiro atoms. The molecular formula is C12H20. The topological polar surface area (TPSA) is 0 Å². The van der Waals surface area contributed by atoms with Crippen molar-refractivity contribution in [3.63, 3.8) is 0 Å². The average molecular weight is 164 g/mol. The fourth-order valence-electron chi connectivity index (χ4n) is 2.18. The van der Waals surface area contributed by atoms with E-state index < -0.39 is 0 Å². The number of hydrogen-bond donors (Lipinski definition) is 0. The monoisotopic (exact) mass is 164 g/mol. The average Bonchev–Trinajstić information content (AvgIpc) is 1.82. The molecule has 1 aliphatic rings. The van der Waals surface area contributed by atoms with Gasteiger partial charge in [-0.05, 0) is 31.6 Å². The number of hydrogen-bond acceptors (Lipinski definition) is 0. The highest BCUT2D eigenvalue weighted by atomic mass is 14.3. The van der Waals surface area contributed by atoms with Crippen LogP contribution < -0.4 is 0 Å². The third kappa shape index (κ3) is 2.51. The van der Waals surface area contributed by atoms with Crippen molar-refractivity contribution in [2.24, 2.45) is 5.41 Å². The van der Waals surface area contributed by atoms with Crippen molar-refractivity contribution in [2.45, 2.75) is 47.0 Å². The van der Waals surface area contributed by atoms with Crippen LogP contribution in [0.5, 0.6) is 0 Å². The highest BCUT2D eigenvalue weighted by Crippen LogP contribution is 2.37. The van der Waals surface area contributed by atoms with Gasteiger partial charge in [0.15, 0.2) is 0 Å². The molecule has 0 aromatic carbocycles. The maximum atomic E-state index is 2.36. The third-order valence-corrected chi connectivity index (χ3v) is 2.34. The summed E-state index contributed by atoms with van der Waals surface area (Å²) in [6, 6.07) is 0. The summed E-state index contributed by atoms with van der Waals surface area (Å²) < 4.78 is 0. The predicted molar refractivity (Wildman–Crippen MR) is 55.1 cm³/mol. The Labute approximate surface area is 76.4 Å². The zero-order valence-electron chi connectivity index (χ0n) is 8.78.